The van der Waals surface area contributed by atoms with Gasteiger partial charge in [-0.15, -0.1) is 6.58 Å². The SMILES string of the molecule is C=CCS(=O)(=O)C(C)OC(=O)c1cc2ccccc2n1-c1ccc(CN)cc1. The molecule has 0 spiro atoms. The summed E-state index contributed by atoms with van der Waals surface area (Å²) in [6, 6.07) is 16.7. The molecule has 0 aliphatic heterocycles. The Labute approximate surface area is 164 Å². The first-order valence-corrected chi connectivity index (χ1v) is 10.5. The van der Waals surface area contributed by atoms with E-state index in [1.54, 1.807) is 10.6 Å². The predicted molar refractivity (Wildman–Crippen MR) is 110 cm³/mol. The normalized spacial score (nSPS) is 12.6. The zero-order chi connectivity index (χ0) is 20.3. The van der Waals surface area contributed by atoms with Crippen LogP contribution in [0.4, 0.5) is 0 Å². The monoisotopic (exact) mass is 398 g/mol. The van der Waals surface area contributed by atoms with Crippen LogP contribution < -0.4 is 5.73 Å². The van der Waals surface area contributed by atoms with Crippen LogP contribution in [0.1, 0.15) is 23.0 Å². The summed E-state index contributed by atoms with van der Waals surface area (Å²) in [4.78, 5) is 12.8. The summed E-state index contributed by atoms with van der Waals surface area (Å²) >= 11 is 0. The third-order valence-corrected chi connectivity index (χ3v) is 6.29. The minimum absolute atomic E-state index is 0.252. The van der Waals surface area contributed by atoms with Crippen molar-refractivity contribution in [1.29, 1.82) is 0 Å². The number of fused-ring (bicyclic) bond motifs is 1. The summed E-state index contributed by atoms with van der Waals surface area (Å²) < 4.78 is 31.3. The number of esters is 1. The zero-order valence-corrected chi connectivity index (χ0v) is 16.4. The van der Waals surface area contributed by atoms with E-state index in [2.05, 4.69) is 6.58 Å². The number of ether oxygens (including phenoxy) is 1. The van der Waals surface area contributed by atoms with Gasteiger partial charge in [-0.3, -0.25) is 0 Å². The molecule has 0 aliphatic rings. The highest BCUT2D eigenvalue weighted by Gasteiger charge is 2.26. The fourth-order valence-corrected chi connectivity index (χ4v) is 3.78. The number of carbonyl (C=O) groups is 1. The third-order valence-electron chi connectivity index (χ3n) is 4.48. The molecule has 7 heteroatoms. The van der Waals surface area contributed by atoms with Crippen molar-refractivity contribution >= 4 is 26.7 Å². The van der Waals surface area contributed by atoms with Crippen LogP contribution in [0.2, 0.25) is 0 Å². The lowest BCUT2D eigenvalue weighted by molar-refractivity contribution is 0.0459. The molecular formula is C21H22N2O4S. The molecule has 3 aromatic rings. The van der Waals surface area contributed by atoms with Gasteiger partial charge in [0.2, 0.25) is 0 Å². The number of para-hydroxylation sites is 1. The van der Waals surface area contributed by atoms with E-state index in [1.165, 1.54) is 13.0 Å². The van der Waals surface area contributed by atoms with Crippen molar-refractivity contribution in [1.82, 2.24) is 4.57 Å². The Morgan fingerprint density at radius 2 is 1.89 bits per heavy atom. The number of nitrogens with two attached hydrogens (primary N) is 1. The van der Waals surface area contributed by atoms with Crippen LogP contribution in [0.5, 0.6) is 0 Å². The summed E-state index contributed by atoms with van der Waals surface area (Å²) in [5, 5.41) is 0.846. The maximum Gasteiger partial charge on any atom is 0.356 e. The summed E-state index contributed by atoms with van der Waals surface area (Å²) in [6.45, 7) is 5.19. The highest BCUT2D eigenvalue weighted by molar-refractivity contribution is 7.92. The fraction of sp³-hybridized carbons (Fsp3) is 0.190. The van der Waals surface area contributed by atoms with E-state index in [0.717, 1.165) is 22.2 Å². The fourth-order valence-electron chi connectivity index (χ4n) is 2.95. The molecule has 1 unspecified atom stereocenters. The number of benzene rings is 2. The second-order valence-corrected chi connectivity index (χ2v) is 8.71. The highest BCUT2D eigenvalue weighted by Crippen LogP contribution is 2.26. The van der Waals surface area contributed by atoms with Gasteiger partial charge in [0.1, 0.15) is 5.69 Å². The first-order valence-electron chi connectivity index (χ1n) is 8.80. The summed E-state index contributed by atoms with van der Waals surface area (Å²) in [5.41, 5.74) is 7.18. The minimum Gasteiger partial charge on any atom is -0.442 e. The van der Waals surface area contributed by atoms with Gasteiger partial charge in [-0.1, -0.05) is 36.4 Å². The van der Waals surface area contributed by atoms with E-state index >= 15 is 0 Å². The Bertz CT molecular complexity index is 1120. The molecule has 1 aromatic heterocycles. The van der Waals surface area contributed by atoms with Crippen LogP contribution in [0.3, 0.4) is 0 Å². The zero-order valence-electron chi connectivity index (χ0n) is 15.5. The van der Waals surface area contributed by atoms with Crippen LogP contribution in [0.15, 0.2) is 67.3 Å². The minimum atomic E-state index is -3.61. The van der Waals surface area contributed by atoms with Crippen molar-refractivity contribution in [2.45, 2.75) is 18.9 Å². The third kappa shape index (κ3) is 3.85. The molecule has 146 valence electrons. The molecule has 0 bridgehead atoms. The van der Waals surface area contributed by atoms with Gasteiger partial charge in [0.05, 0.1) is 11.3 Å². The van der Waals surface area contributed by atoms with Gasteiger partial charge in [-0.05, 0) is 36.8 Å². The van der Waals surface area contributed by atoms with Crippen LogP contribution in [0, 0.1) is 0 Å². The van der Waals surface area contributed by atoms with Gasteiger partial charge < -0.3 is 15.0 Å². The molecule has 2 aromatic carbocycles. The molecule has 0 amide bonds. The van der Waals surface area contributed by atoms with Gasteiger partial charge in [0, 0.05) is 17.6 Å². The molecule has 0 fully saturated rings. The van der Waals surface area contributed by atoms with Gasteiger partial charge >= 0.3 is 5.97 Å². The maximum atomic E-state index is 12.8. The summed E-state index contributed by atoms with van der Waals surface area (Å²) in [6.07, 6.45) is 1.27. The van der Waals surface area contributed by atoms with Crippen LogP contribution in [-0.4, -0.2) is 30.1 Å². The lowest BCUT2D eigenvalue weighted by atomic mass is 10.2. The molecule has 1 heterocycles. The van der Waals surface area contributed by atoms with Crippen molar-refractivity contribution < 1.29 is 17.9 Å². The van der Waals surface area contributed by atoms with Crippen molar-refractivity contribution in [3.05, 3.63) is 78.5 Å². The van der Waals surface area contributed by atoms with Crippen molar-refractivity contribution in [2.75, 3.05) is 5.75 Å². The quantitative estimate of drug-likeness (QED) is 0.487. The second kappa shape index (κ2) is 8.00. The average molecular weight is 398 g/mol. The molecule has 2 N–H and O–H groups in total. The molecule has 1 atom stereocenters. The van der Waals surface area contributed by atoms with Gasteiger partial charge in [-0.2, -0.15) is 0 Å². The largest absolute Gasteiger partial charge is 0.442 e. The predicted octanol–water partition coefficient (Wildman–Crippen LogP) is 3.19. The topological polar surface area (TPSA) is 91.4 Å². The number of aromatic nitrogens is 1. The Morgan fingerprint density at radius 3 is 2.54 bits per heavy atom. The van der Waals surface area contributed by atoms with E-state index in [4.69, 9.17) is 10.5 Å². The summed E-state index contributed by atoms with van der Waals surface area (Å²) in [5.74, 6) is -0.968. The summed E-state index contributed by atoms with van der Waals surface area (Å²) in [7, 11) is -3.61. The molecule has 28 heavy (non-hydrogen) atoms. The van der Waals surface area contributed by atoms with Gasteiger partial charge in [0.15, 0.2) is 15.3 Å². The van der Waals surface area contributed by atoms with E-state index in [0.29, 0.717) is 6.54 Å². The Morgan fingerprint density at radius 1 is 1.21 bits per heavy atom. The molecular weight excluding hydrogens is 376 g/mol. The molecule has 0 saturated heterocycles. The highest BCUT2D eigenvalue weighted by atomic mass is 32.2. The number of carbonyl (C=O) groups excluding carboxylic acids is 1. The second-order valence-electron chi connectivity index (χ2n) is 6.39. The van der Waals surface area contributed by atoms with Crippen molar-refractivity contribution in [2.24, 2.45) is 5.73 Å². The first kappa shape index (κ1) is 19.9. The first-order chi connectivity index (χ1) is 13.4. The molecule has 0 saturated carbocycles. The number of rotatable bonds is 7. The molecule has 3 rings (SSSR count). The van der Waals surface area contributed by atoms with E-state index in [1.807, 2.05) is 48.5 Å². The van der Waals surface area contributed by atoms with E-state index < -0.39 is 21.2 Å². The smallest absolute Gasteiger partial charge is 0.356 e. The molecule has 0 radical (unpaired) electrons. The van der Waals surface area contributed by atoms with Gasteiger partial charge in [-0.25, -0.2) is 13.2 Å². The van der Waals surface area contributed by atoms with Crippen LogP contribution in [0.25, 0.3) is 16.6 Å². The van der Waals surface area contributed by atoms with Crippen LogP contribution >= 0.6 is 0 Å². The number of nitrogens with zero attached hydrogens (tertiary/aromatic N) is 1. The number of hydrogen-bond acceptors (Lipinski definition) is 5. The standard InChI is InChI=1S/C21H22N2O4S/c1-3-12-28(25,26)15(2)27-21(24)20-13-17-6-4-5-7-19(17)23(20)18-10-8-16(14-22)9-11-18/h3-11,13,15H,1,12,14,22H2,2H3. The van der Waals surface area contributed by atoms with Crippen LogP contribution in [-0.2, 0) is 21.1 Å². The lowest BCUT2D eigenvalue weighted by Crippen LogP contribution is -2.27. The Balaban J connectivity index is 2.05. The average Bonchev–Trinajstić information content (AvgIpc) is 3.07. The number of sulfone groups is 1. The van der Waals surface area contributed by atoms with Gasteiger partial charge in [0.25, 0.3) is 0 Å². The van der Waals surface area contributed by atoms with E-state index in [-0.39, 0.29) is 11.4 Å². The van der Waals surface area contributed by atoms with Crippen molar-refractivity contribution in [3.63, 3.8) is 0 Å². The number of hydrogen-bond donors (Lipinski definition) is 1. The molecule has 6 nitrogen and oxygen atoms in total. The Hall–Kier alpha value is -2.90. The van der Waals surface area contributed by atoms with E-state index in [9.17, 15) is 13.2 Å². The maximum absolute atomic E-state index is 12.8. The Kier molecular flexibility index (Phi) is 5.67. The van der Waals surface area contributed by atoms with Crippen molar-refractivity contribution in [3.8, 4) is 5.69 Å². The molecule has 0 aliphatic carbocycles. The lowest BCUT2D eigenvalue weighted by Gasteiger charge is -2.15.